The van der Waals surface area contributed by atoms with Gasteiger partial charge < -0.3 is 14.7 Å². The molecule has 2 aliphatic rings. The number of aromatic nitrogens is 2. The zero-order chi connectivity index (χ0) is 20.6. The first-order valence-corrected chi connectivity index (χ1v) is 9.30. The standard InChI is InChI=1S/C20H21F3N4O2/c1-26-12-15(11-25-26)18-24-10-7-17(27(18)13-19(28)8-2-9-19)14-3-5-16(6-4-14)29-20(21,22)23/h3-7,10-12,18,28H,2,8-9,13H2,1H3. The molecule has 1 saturated carbocycles. The molecule has 1 aliphatic carbocycles. The Morgan fingerprint density at radius 3 is 2.52 bits per heavy atom. The maximum Gasteiger partial charge on any atom is 0.573 e. The molecule has 0 saturated heterocycles. The van der Waals surface area contributed by atoms with Crippen LogP contribution in [0.1, 0.15) is 36.6 Å². The van der Waals surface area contributed by atoms with Crippen molar-refractivity contribution in [1.29, 1.82) is 0 Å². The molecule has 0 bridgehead atoms. The van der Waals surface area contributed by atoms with Crippen molar-refractivity contribution in [3.8, 4) is 5.75 Å². The van der Waals surface area contributed by atoms with Gasteiger partial charge in [0.15, 0.2) is 0 Å². The van der Waals surface area contributed by atoms with Crippen molar-refractivity contribution in [3.05, 3.63) is 53.9 Å². The number of hydrogen-bond donors (Lipinski definition) is 1. The molecule has 1 aromatic heterocycles. The molecule has 0 spiro atoms. The van der Waals surface area contributed by atoms with Crippen LogP contribution in [-0.4, -0.2) is 44.5 Å². The molecule has 1 aliphatic heterocycles. The van der Waals surface area contributed by atoms with Gasteiger partial charge in [-0.05, 0) is 55.2 Å². The number of halogens is 3. The van der Waals surface area contributed by atoms with Crippen molar-refractivity contribution >= 4 is 11.9 Å². The van der Waals surface area contributed by atoms with E-state index in [1.165, 1.54) is 12.1 Å². The highest BCUT2D eigenvalue weighted by Crippen LogP contribution is 2.40. The fourth-order valence-corrected chi connectivity index (χ4v) is 3.66. The smallest absolute Gasteiger partial charge is 0.406 e. The van der Waals surface area contributed by atoms with Gasteiger partial charge in [-0.25, -0.2) is 0 Å². The normalized spacial score (nSPS) is 20.9. The first-order chi connectivity index (χ1) is 13.7. The second kappa shape index (κ2) is 7.22. The molecule has 1 unspecified atom stereocenters. The maximum atomic E-state index is 12.4. The molecule has 29 heavy (non-hydrogen) atoms. The molecule has 2 aromatic rings. The third-order valence-corrected chi connectivity index (χ3v) is 5.22. The van der Waals surface area contributed by atoms with Gasteiger partial charge in [-0.1, -0.05) is 0 Å². The summed E-state index contributed by atoms with van der Waals surface area (Å²) in [5.74, 6) is -0.278. The monoisotopic (exact) mass is 406 g/mol. The summed E-state index contributed by atoms with van der Waals surface area (Å²) in [5.41, 5.74) is 1.55. The van der Waals surface area contributed by atoms with Crippen LogP contribution < -0.4 is 4.74 Å². The van der Waals surface area contributed by atoms with E-state index in [9.17, 15) is 18.3 Å². The molecule has 0 radical (unpaired) electrons. The number of allylic oxidation sites excluding steroid dienone is 1. The van der Waals surface area contributed by atoms with E-state index in [0.717, 1.165) is 17.7 Å². The van der Waals surface area contributed by atoms with Gasteiger partial charge in [-0.2, -0.15) is 5.10 Å². The molecule has 1 atom stereocenters. The molecule has 6 nitrogen and oxygen atoms in total. The van der Waals surface area contributed by atoms with Crippen LogP contribution in [0.5, 0.6) is 5.75 Å². The van der Waals surface area contributed by atoms with Gasteiger partial charge in [-0.3, -0.25) is 9.67 Å². The number of nitrogens with zero attached hydrogens (tertiary/aromatic N) is 4. The van der Waals surface area contributed by atoms with E-state index in [1.54, 1.807) is 35.3 Å². The molecule has 2 heterocycles. The number of rotatable bonds is 5. The number of aryl methyl sites for hydroxylation is 1. The molecule has 1 aromatic carbocycles. The zero-order valence-corrected chi connectivity index (χ0v) is 15.8. The number of hydrogen-bond acceptors (Lipinski definition) is 5. The highest BCUT2D eigenvalue weighted by Gasteiger charge is 2.39. The van der Waals surface area contributed by atoms with Crippen LogP contribution >= 0.6 is 0 Å². The van der Waals surface area contributed by atoms with Crippen molar-refractivity contribution in [2.24, 2.45) is 12.0 Å². The van der Waals surface area contributed by atoms with E-state index < -0.39 is 12.0 Å². The minimum absolute atomic E-state index is 0.278. The van der Waals surface area contributed by atoms with E-state index in [-0.39, 0.29) is 11.9 Å². The zero-order valence-electron chi connectivity index (χ0n) is 15.8. The predicted molar refractivity (Wildman–Crippen MR) is 101 cm³/mol. The fourth-order valence-electron chi connectivity index (χ4n) is 3.66. The molecule has 154 valence electrons. The van der Waals surface area contributed by atoms with Crippen LogP contribution in [0.25, 0.3) is 5.70 Å². The summed E-state index contributed by atoms with van der Waals surface area (Å²) in [7, 11) is 1.82. The van der Waals surface area contributed by atoms with Gasteiger partial charge in [0, 0.05) is 37.3 Å². The number of β-amino-alcohol motifs (C(OH)–C–C–N with tert-alkyl or cyclic N) is 1. The average Bonchev–Trinajstić information content (AvgIpc) is 3.06. The van der Waals surface area contributed by atoms with Crippen LogP contribution in [-0.2, 0) is 7.05 Å². The average molecular weight is 406 g/mol. The minimum atomic E-state index is -4.73. The Kier molecular flexibility index (Phi) is 4.85. The Labute approximate surface area is 165 Å². The maximum absolute atomic E-state index is 12.4. The largest absolute Gasteiger partial charge is 0.573 e. The van der Waals surface area contributed by atoms with Gasteiger partial charge in [0.2, 0.25) is 0 Å². The van der Waals surface area contributed by atoms with Gasteiger partial charge in [0.25, 0.3) is 0 Å². The van der Waals surface area contributed by atoms with Gasteiger partial charge in [0.05, 0.1) is 11.8 Å². The molecular formula is C20H21F3N4O2. The summed E-state index contributed by atoms with van der Waals surface area (Å²) in [6.07, 6.45) is 4.34. The fraction of sp³-hybridized carbons (Fsp3) is 0.400. The number of aliphatic imine (C=N–C) groups is 1. The van der Waals surface area contributed by atoms with Crippen LogP contribution in [0.4, 0.5) is 13.2 Å². The van der Waals surface area contributed by atoms with E-state index in [0.29, 0.717) is 24.9 Å². The van der Waals surface area contributed by atoms with E-state index in [2.05, 4.69) is 14.8 Å². The van der Waals surface area contributed by atoms with E-state index in [1.807, 2.05) is 18.1 Å². The number of aliphatic hydroxyl groups is 1. The summed E-state index contributed by atoms with van der Waals surface area (Å²) in [5, 5.41) is 15.0. The molecule has 4 rings (SSSR count). The molecule has 1 N–H and O–H groups in total. The van der Waals surface area contributed by atoms with Crippen LogP contribution in [0.2, 0.25) is 0 Å². The third kappa shape index (κ3) is 4.29. The molecule has 0 amide bonds. The SMILES string of the molecule is Cn1cc(C2N=CC=C(c3ccc(OC(F)(F)F)cc3)N2CC2(O)CCC2)cn1. The number of ether oxygens (including phenoxy) is 1. The van der Waals surface area contributed by atoms with Gasteiger partial charge in [0.1, 0.15) is 11.9 Å². The summed E-state index contributed by atoms with van der Waals surface area (Å²) in [4.78, 5) is 6.55. The van der Waals surface area contributed by atoms with Crippen molar-refractivity contribution in [1.82, 2.24) is 14.7 Å². The lowest BCUT2D eigenvalue weighted by Gasteiger charge is -2.44. The van der Waals surface area contributed by atoms with Crippen LogP contribution in [0, 0.1) is 0 Å². The Hall–Kier alpha value is -2.81. The Morgan fingerprint density at radius 1 is 1.24 bits per heavy atom. The lowest BCUT2D eigenvalue weighted by Crippen LogP contribution is -2.48. The second-order valence-corrected chi connectivity index (χ2v) is 7.45. The first kappa shape index (κ1) is 19.5. The minimum Gasteiger partial charge on any atom is -0.406 e. The predicted octanol–water partition coefficient (Wildman–Crippen LogP) is 3.66. The first-order valence-electron chi connectivity index (χ1n) is 9.30. The Bertz CT molecular complexity index is 930. The number of alkyl halides is 3. The highest BCUT2D eigenvalue weighted by atomic mass is 19.4. The number of benzene rings is 1. The highest BCUT2D eigenvalue weighted by molar-refractivity contribution is 5.86. The lowest BCUT2D eigenvalue weighted by atomic mass is 9.79. The molecule has 1 fully saturated rings. The van der Waals surface area contributed by atoms with E-state index >= 15 is 0 Å². The summed E-state index contributed by atoms with van der Waals surface area (Å²) >= 11 is 0. The summed E-state index contributed by atoms with van der Waals surface area (Å²) < 4.78 is 43.0. The summed E-state index contributed by atoms with van der Waals surface area (Å²) in [6, 6.07) is 5.71. The van der Waals surface area contributed by atoms with Crippen molar-refractivity contribution in [2.75, 3.05) is 6.54 Å². The van der Waals surface area contributed by atoms with Crippen molar-refractivity contribution in [2.45, 2.75) is 37.4 Å². The van der Waals surface area contributed by atoms with Gasteiger partial charge in [-0.15, -0.1) is 13.2 Å². The lowest BCUT2D eigenvalue weighted by molar-refractivity contribution is -0.274. The molecular weight excluding hydrogens is 385 g/mol. The van der Waals surface area contributed by atoms with Crippen LogP contribution in [0.15, 0.2) is 47.7 Å². The van der Waals surface area contributed by atoms with Crippen molar-refractivity contribution in [3.63, 3.8) is 0 Å². The quantitative estimate of drug-likeness (QED) is 0.823. The Morgan fingerprint density at radius 2 is 1.97 bits per heavy atom. The summed E-state index contributed by atoms with van der Waals surface area (Å²) in [6.45, 7) is 0.372. The van der Waals surface area contributed by atoms with Crippen molar-refractivity contribution < 1.29 is 23.0 Å². The third-order valence-electron chi connectivity index (χ3n) is 5.22. The molecule has 9 heteroatoms. The topological polar surface area (TPSA) is 62.9 Å². The van der Waals surface area contributed by atoms with Gasteiger partial charge >= 0.3 is 6.36 Å². The second-order valence-electron chi connectivity index (χ2n) is 7.45. The van der Waals surface area contributed by atoms with Crippen LogP contribution in [0.3, 0.4) is 0 Å². The van der Waals surface area contributed by atoms with E-state index in [4.69, 9.17) is 0 Å². The Balaban J connectivity index is 1.64.